The molecule has 4 rings (SSSR count). The molecular formula is C26H38N2O4. The highest BCUT2D eigenvalue weighted by molar-refractivity contribution is 5.85. The summed E-state index contributed by atoms with van der Waals surface area (Å²) in [5.74, 6) is 0.836. The fourth-order valence-electron chi connectivity index (χ4n) is 5.72. The Balaban J connectivity index is 1.62. The molecule has 1 aromatic carbocycles. The van der Waals surface area contributed by atoms with E-state index in [1.807, 2.05) is 13.0 Å². The van der Waals surface area contributed by atoms with Gasteiger partial charge in [0.05, 0.1) is 5.56 Å². The zero-order valence-corrected chi connectivity index (χ0v) is 19.9. The molecule has 0 amide bonds. The van der Waals surface area contributed by atoms with Gasteiger partial charge in [0, 0.05) is 50.3 Å². The summed E-state index contributed by atoms with van der Waals surface area (Å²) in [7, 11) is 1.74. The van der Waals surface area contributed by atoms with Crippen molar-refractivity contribution in [3.05, 3.63) is 39.2 Å². The number of aromatic hydroxyl groups is 1. The van der Waals surface area contributed by atoms with Gasteiger partial charge in [0.25, 0.3) is 0 Å². The summed E-state index contributed by atoms with van der Waals surface area (Å²) in [5.41, 5.74) is 2.48. The van der Waals surface area contributed by atoms with Crippen molar-refractivity contribution >= 4 is 11.0 Å². The molecule has 0 spiro atoms. The zero-order valence-electron chi connectivity index (χ0n) is 19.9. The summed E-state index contributed by atoms with van der Waals surface area (Å²) in [4.78, 5) is 17.5. The molecule has 1 aromatic heterocycles. The number of fused-ring (bicyclic) bond motifs is 2. The van der Waals surface area contributed by atoms with E-state index in [-0.39, 0.29) is 11.4 Å². The Bertz CT molecular complexity index is 984. The maximum atomic E-state index is 12.4. The van der Waals surface area contributed by atoms with Gasteiger partial charge in [-0.3, -0.25) is 4.90 Å². The highest BCUT2D eigenvalue weighted by Gasteiger charge is 2.34. The predicted octanol–water partition coefficient (Wildman–Crippen LogP) is 4.22. The standard InChI is InChI=1S/C26H38N2O4/c1-18-19(2)26(30)32-25-21(18)10-11-24(29)22(25)17-27(12-7-15-31-3)16-20-8-6-14-28-13-5-4-9-23(20)28/h10-11,20,23,29H,4-9,12-17H2,1-3H3/t20-,23+/m0/s1. The Labute approximate surface area is 191 Å². The molecule has 2 aliphatic rings. The summed E-state index contributed by atoms with van der Waals surface area (Å²) in [6.07, 6.45) is 7.41. The number of piperidine rings is 2. The lowest BCUT2D eigenvalue weighted by Gasteiger charge is -2.45. The molecule has 2 atom stereocenters. The molecule has 0 saturated carbocycles. The van der Waals surface area contributed by atoms with Crippen molar-refractivity contribution in [3.63, 3.8) is 0 Å². The van der Waals surface area contributed by atoms with Crippen LogP contribution in [0.2, 0.25) is 0 Å². The molecule has 0 bridgehead atoms. The maximum absolute atomic E-state index is 12.4. The summed E-state index contributed by atoms with van der Waals surface area (Å²) >= 11 is 0. The Morgan fingerprint density at radius 2 is 1.97 bits per heavy atom. The molecule has 0 unspecified atom stereocenters. The van der Waals surface area contributed by atoms with Crippen LogP contribution >= 0.6 is 0 Å². The first-order valence-electron chi connectivity index (χ1n) is 12.2. The molecule has 2 fully saturated rings. The third kappa shape index (κ3) is 4.87. The molecule has 0 aliphatic carbocycles. The smallest absolute Gasteiger partial charge is 0.339 e. The summed E-state index contributed by atoms with van der Waals surface area (Å²) in [6.45, 7) is 9.39. The highest BCUT2D eigenvalue weighted by Crippen LogP contribution is 2.34. The average Bonchev–Trinajstić information content (AvgIpc) is 2.80. The quantitative estimate of drug-likeness (QED) is 0.488. The molecular weight excluding hydrogens is 404 g/mol. The SMILES string of the molecule is COCCCN(Cc1c(O)ccc2c(C)c(C)c(=O)oc12)C[C@@H]1CCCN2CCCC[C@H]12. The van der Waals surface area contributed by atoms with Crippen LogP contribution in [-0.2, 0) is 11.3 Å². The van der Waals surface area contributed by atoms with Gasteiger partial charge in [0.1, 0.15) is 11.3 Å². The third-order valence-electron chi connectivity index (χ3n) is 7.63. The lowest BCUT2D eigenvalue weighted by molar-refractivity contribution is 0.0372. The fourth-order valence-corrected chi connectivity index (χ4v) is 5.72. The fraction of sp³-hybridized carbons (Fsp3) is 0.654. The molecule has 2 aromatic rings. The summed E-state index contributed by atoms with van der Waals surface area (Å²) < 4.78 is 11.0. The number of hydrogen-bond donors (Lipinski definition) is 1. The number of methoxy groups -OCH3 is 1. The zero-order chi connectivity index (χ0) is 22.7. The number of aryl methyl sites for hydroxylation is 1. The topological polar surface area (TPSA) is 66.2 Å². The molecule has 0 radical (unpaired) electrons. The van der Waals surface area contributed by atoms with E-state index < -0.39 is 0 Å². The van der Waals surface area contributed by atoms with Gasteiger partial charge in [-0.2, -0.15) is 0 Å². The van der Waals surface area contributed by atoms with Gasteiger partial charge in [0.15, 0.2) is 0 Å². The molecule has 6 heteroatoms. The molecule has 176 valence electrons. The molecule has 6 nitrogen and oxygen atoms in total. The average molecular weight is 443 g/mol. The molecule has 32 heavy (non-hydrogen) atoms. The van der Waals surface area contributed by atoms with Crippen LogP contribution in [0.4, 0.5) is 0 Å². The second-order valence-corrected chi connectivity index (χ2v) is 9.66. The largest absolute Gasteiger partial charge is 0.507 e. The number of benzene rings is 1. The molecule has 2 aliphatic heterocycles. The minimum atomic E-state index is -0.321. The van der Waals surface area contributed by atoms with Crippen molar-refractivity contribution in [3.8, 4) is 5.75 Å². The number of phenols is 1. The summed E-state index contributed by atoms with van der Waals surface area (Å²) in [6, 6.07) is 4.27. The van der Waals surface area contributed by atoms with Crippen LogP contribution in [0.3, 0.4) is 0 Å². The van der Waals surface area contributed by atoms with E-state index in [2.05, 4.69) is 9.80 Å². The van der Waals surface area contributed by atoms with E-state index in [0.29, 0.717) is 36.3 Å². The summed E-state index contributed by atoms with van der Waals surface area (Å²) in [5, 5.41) is 11.7. The van der Waals surface area contributed by atoms with Gasteiger partial charge in [-0.25, -0.2) is 4.79 Å². The molecule has 1 N–H and O–H groups in total. The first-order chi connectivity index (χ1) is 15.5. The second kappa shape index (κ2) is 10.4. The van der Waals surface area contributed by atoms with E-state index in [1.54, 1.807) is 20.1 Å². The Hall–Kier alpha value is -1.89. The van der Waals surface area contributed by atoms with E-state index in [1.165, 1.54) is 45.2 Å². The van der Waals surface area contributed by atoms with Crippen molar-refractivity contribution in [2.75, 3.05) is 39.9 Å². The Morgan fingerprint density at radius 3 is 2.78 bits per heavy atom. The molecule has 3 heterocycles. The van der Waals surface area contributed by atoms with Crippen molar-refractivity contribution in [2.24, 2.45) is 5.92 Å². The van der Waals surface area contributed by atoms with Crippen LogP contribution < -0.4 is 5.63 Å². The van der Waals surface area contributed by atoms with Crippen LogP contribution in [0, 0.1) is 19.8 Å². The third-order valence-corrected chi connectivity index (χ3v) is 7.63. The number of ether oxygens (including phenoxy) is 1. The highest BCUT2D eigenvalue weighted by atomic mass is 16.5. The van der Waals surface area contributed by atoms with Crippen molar-refractivity contribution in [1.82, 2.24) is 9.80 Å². The number of phenolic OH excluding ortho intramolecular Hbond substituents is 1. The monoisotopic (exact) mass is 442 g/mol. The minimum Gasteiger partial charge on any atom is -0.507 e. The van der Waals surface area contributed by atoms with Crippen LogP contribution in [0.1, 0.15) is 55.2 Å². The van der Waals surface area contributed by atoms with E-state index in [0.717, 1.165) is 36.0 Å². The van der Waals surface area contributed by atoms with Crippen molar-refractivity contribution < 1.29 is 14.3 Å². The van der Waals surface area contributed by atoms with Crippen molar-refractivity contribution in [2.45, 2.75) is 65.0 Å². The number of nitrogens with zero attached hydrogens (tertiary/aromatic N) is 2. The lowest BCUT2D eigenvalue weighted by Crippen LogP contribution is -2.51. The van der Waals surface area contributed by atoms with Gasteiger partial charge in [-0.05, 0) is 82.7 Å². The van der Waals surface area contributed by atoms with Crippen LogP contribution in [0.5, 0.6) is 5.75 Å². The van der Waals surface area contributed by atoms with Gasteiger partial charge >= 0.3 is 5.63 Å². The van der Waals surface area contributed by atoms with E-state index >= 15 is 0 Å². The number of hydrogen-bond acceptors (Lipinski definition) is 6. The van der Waals surface area contributed by atoms with Gasteiger partial charge in [-0.1, -0.05) is 6.42 Å². The molecule has 2 saturated heterocycles. The minimum absolute atomic E-state index is 0.198. The van der Waals surface area contributed by atoms with Gasteiger partial charge in [-0.15, -0.1) is 0 Å². The first kappa shape index (κ1) is 23.3. The maximum Gasteiger partial charge on any atom is 0.339 e. The lowest BCUT2D eigenvalue weighted by atomic mass is 9.83. The number of rotatable bonds is 8. The van der Waals surface area contributed by atoms with Crippen LogP contribution in [0.25, 0.3) is 11.0 Å². The van der Waals surface area contributed by atoms with E-state index in [9.17, 15) is 9.90 Å². The van der Waals surface area contributed by atoms with Gasteiger partial charge < -0.3 is 19.2 Å². The first-order valence-corrected chi connectivity index (χ1v) is 12.2. The normalized spacial score (nSPS) is 21.9. The Kier molecular flexibility index (Phi) is 7.54. The van der Waals surface area contributed by atoms with Crippen LogP contribution in [0.15, 0.2) is 21.3 Å². The Morgan fingerprint density at radius 1 is 1.16 bits per heavy atom. The van der Waals surface area contributed by atoms with Gasteiger partial charge in [0.2, 0.25) is 0 Å². The van der Waals surface area contributed by atoms with E-state index in [4.69, 9.17) is 9.15 Å². The second-order valence-electron chi connectivity index (χ2n) is 9.66. The van der Waals surface area contributed by atoms with Crippen molar-refractivity contribution in [1.29, 1.82) is 0 Å². The predicted molar refractivity (Wildman–Crippen MR) is 127 cm³/mol. The van der Waals surface area contributed by atoms with Crippen LogP contribution in [-0.4, -0.2) is 60.8 Å².